The van der Waals surface area contributed by atoms with Crippen LogP contribution in [0.2, 0.25) is 0 Å². The van der Waals surface area contributed by atoms with Crippen LogP contribution in [0.15, 0.2) is 46.5 Å². The molecule has 0 fully saturated rings. The first-order chi connectivity index (χ1) is 9.06. The summed E-state index contributed by atoms with van der Waals surface area (Å²) in [5, 5.41) is 0.718. The number of H-pyrrole nitrogens is 1. The van der Waals surface area contributed by atoms with E-state index in [1.165, 1.54) is 29.6 Å². The molecule has 19 heavy (non-hydrogen) atoms. The van der Waals surface area contributed by atoms with Gasteiger partial charge in [-0.1, -0.05) is 48.5 Å². The first-order valence-electron chi connectivity index (χ1n) is 6.10. The summed E-state index contributed by atoms with van der Waals surface area (Å²) in [6, 6.07) is 9.48. The van der Waals surface area contributed by atoms with E-state index in [4.69, 9.17) is 5.73 Å². The highest BCUT2D eigenvalue weighted by Gasteiger charge is 2.16. The number of nitrogens with zero attached hydrogens (tertiary/aromatic N) is 1. The van der Waals surface area contributed by atoms with Crippen LogP contribution in [0.25, 0.3) is 0 Å². The molecule has 4 nitrogen and oxygen atoms in total. The molecule has 0 radical (unpaired) electrons. The minimum Gasteiger partial charge on any atom is -0.323 e. The van der Waals surface area contributed by atoms with E-state index in [2.05, 4.69) is 22.1 Å². The van der Waals surface area contributed by atoms with Gasteiger partial charge in [-0.25, -0.2) is 4.98 Å². The molecule has 0 bridgehead atoms. The molecule has 3 N–H and O–H groups in total. The van der Waals surface area contributed by atoms with Gasteiger partial charge in [-0.15, -0.1) is 0 Å². The maximum Gasteiger partial charge on any atom is 0.251 e. The second kappa shape index (κ2) is 6.04. The van der Waals surface area contributed by atoms with Crippen molar-refractivity contribution in [1.29, 1.82) is 0 Å². The SMILES string of the molecule is Cc1ccc(C(N)C(C)Sc2nccc(=O)[nH]2)cc1. The monoisotopic (exact) mass is 275 g/mol. The molecule has 1 aromatic heterocycles. The van der Waals surface area contributed by atoms with E-state index in [-0.39, 0.29) is 16.9 Å². The Balaban J connectivity index is 2.09. The number of thioether (sulfide) groups is 1. The highest BCUT2D eigenvalue weighted by Crippen LogP contribution is 2.27. The normalized spacial score (nSPS) is 14.1. The maximum absolute atomic E-state index is 11.2. The molecule has 1 heterocycles. The van der Waals surface area contributed by atoms with Gasteiger partial charge in [-0.3, -0.25) is 4.79 Å². The fourth-order valence-electron chi connectivity index (χ4n) is 1.72. The van der Waals surface area contributed by atoms with E-state index in [1.54, 1.807) is 0 Å². The van der Waals surface area contributed by atoms with Crippen molar-refractivity contribution in [2.24, 2.45) is 5.73 Å². The molecule has 100 valence electrons. The Kier molecular flexibility index (Phi) is 4.39. The lowest BCUT2D eigenvalue weighted by molar-refractivity contribution is 0.711. The summed E-state index contributed by atoms with van der Waals surface area (Å²) in [5.74, 6) is 0. The summed E-state index contributed by atoms with van der Waals surface area (Å²) in [4.78, 5) is 18.0. The number of aromatic amines is 1. The number of aryl methyl sites for hydroxylation is 1. The van der Waals surface area contributed by atoms with Crippen molar-refractivity contribution in [3.8, 4) is 0 Å². The van der Waals surface area contributed by atoms with E-state index in [0.29, 0.717) is 5.16 Å². The summed E-state index contributed by atoms with van der Waals surface area (Å²) >= 11 is 1.47. The average molecular weight is 275 g/mol. The third-order valence-electron chi connectivity index (χ3n) is 2.91. The zero-order valence-electron chi connectivity index (χ0n) is 11.0. The summed E-state index contributed by atoms with van der Waals surface area (Å²) in [5.41, 5.74) is 8.39. The molecule has 2 unspecified atom stereocenters. The number of nitrogens with one attached hydrogen (secondary N) is 1. The lowest BCUT2D eigenvalue weighted by Crippen LogP contribution is -2.21. The van der Waals surface area contributed by atoms with E-state index in [0.717, 1.165) is 5.56 Å². The summed E-state index contributed by atoms with van der Waals surface area (Å²) in [6.45, 7) is 4.08. The molecule has 2 rings (SSSR count). The predicted octanol–water partition coefficient (Wildman–Crippen LogP) is 2.26. The van der Waals surface area contributed by atoms with Crippen LogP contribution in [-0.4, -0.2) is 15.2 Å². The Bertz CT molecular complexity index is 594. The van der Waals surface area contributed by atoms with Crippen LogP contribution in [0.5, 0.6) is 0 Å². The standard InChI is InChI=1S/C14H17N3OS/c1-9-3-5-11(6-4-9)13(15)10(2)19-14-16-8-7-12(18)17-14/h3-8,10,13H,15H2,1-2H3,(H,16,17,18). The molecule has 0 aliphatic heterocycles. The van der Waals surface area contributed by atoms with Crippen molar-refractivity contribution < 1.29 is 0 Å². The molecular weight excluding hydrogens is 258 g/mol. The molecule has 1 aromatic carbocycles. The zero-order valence-corrected chi connectivity index (χ0v) is 11.8. The molecule has 0 saturated carbocycles. The van der Waals surface area contributed by atoms with Gasteiger partial charge in [-0.2, -0.15) is 0 Å². The molecule has 0 spiro atoms. The summed E-state index contributed by atoms with van der Waals surface area (Å²) in [6.07, 6.45) is 1.51. The van der Waals surface area contributed by atoms with Crippen molar-refractivity contribution in [1.82, 2.24) is 9.97 Å². The van der Waals surface area contributed by atoms with Gasteiger partial charge < -0.3 is 10.7 Å². The predicted molar refractivity (Wildman–Crippen MR) is 78.3 cm³/mol. The summed E-state index contributed by atoms with van der Waals surface area (Å²) < 4.78 is 0. The highest BCUT2D eigenvalue weighted by molar-refractivity contribution is 7.99. The Labute approximate surface area is 116 Å². The van der Waals surface area contributed by atoms with Gasteiger partial charge in [0.25, 0.3) is 5.56 Å². The minimum absolute atomic E-state index is 0.101. The van der Waals surface area contributed by atoms with Crippen LogP contribution in [0.3, 0.4) is 0 Å². The summed E-state index contributed by atoms with van der Waals surface area (Å²) in [7, 11) is 0. The Morgan fingerprint density at radius 3 is 2.58 bits per heavy atom. The van der Waals surface area contributed by atoms with Gasteiger partial charge in [-0.05, 0) is 12.5 Å². The van der Waals surface area contributed by atoms with Crippen molar-refractivity contribution in [3.05, 3.63) is 58.0 Å². The van der Waals surface area contributed by atoms with E-state index in [1.807, 2.05) is 26.0 Å². The number of aromatic nitrogens is 2. The Hall–Kier alpha value is -1.59. The second-order valence-electron chi connectivity index (χ2n) is 4.50. The number of rotatable bonds is 4. The topological polar surface area (TPSA) is 71.8 Å². The third kappa shape index (κ3) is 3.68. The number of hydrogen-bond donors (Lipinski definition) is 2. The molecule has 0 aliphatic rings. The maximum atomic E-state index is 11.2. The van der Waals surface area contributed by atoms with Crippen LogP contribution >= 0.6 is 11.8 Å². The average Bonchev–Trinajstić information content (AvgIpc) is 2.39. The van der Waals surface area contributed by atoms with Crippen LogP contribution < -0.4 is 11.3 Å². The lowest BCUT2D eigenvalue weighted by atomic mass is 10.0. The van der Waals surface area contributed by atoms with E-state index >= 15 is 0 Å². The first-order valence-corrected chi connectivity index (χ1v) is 6.98. The van der Waals surface area contributed by atoms with Gasteiger partial charge in [0.15, 0.2) is 5.16 Å². The first kappa shape index (κ1) is 13.8. The van der Waals surface area contributed by atoms with E-state index < -0.39 is 0 Å². The molecular formula is C14H17N3OS. The minimum atomic E-state index is -0.145. The quantitative estimate of drug-likeness (QED) is 0.663. The van der Waals surface area contributed by atoms with Gasteiger partial charge in [0, 0.05) is 23.6 Å². The number of hydrogen-bond acceptors (Lipinski definition) is 4. The molecule has 0 amide bonds. The Morgan fingerprint density at radius 1 is 1.26 bits per heavy atom. The van der Waals surface area contributed by atoms with Crippen LogP contribution in [0.4, 0.5) is 0 Å². The van der Waals surface area contributed by atoms with Gasteiger partial charge in [0.1, 0.15) is 0 Å². The second-order valence-corrected chi connectivity index (χ2v) is 5.86. The fraction of sp³-hybridized carbons (Fsp3) is 0.286. The van der Waals surface area contributed by atoms with E-state index in [9.17, 15) is 4.79 Å². The molecule has 0 aliphatic carbocycles. The molecule has 5 heteroatoms. The zero-order chi connectivity index (χ0) is 13.8. The van der Waals surface area contributed by atoms with Crippen molar-refractivity contribution in [3.63, 3.8) is 0 Å². The highest BCUT2D eigenvalue weighted by atomic mass is 32.2. The van der Waals surface area contributed by atoms with Gasteiger partial charge >= 0.3 is 0 Å². The molecule has 2 aromatic rings. The fourth-order valence-corrected chi connectivity index (χ4v) is 2.66. The Morgan fingerprint density at radius 2 is 1.95 bits per heavy atom. The molecule has 0 saturated heterocycles. The van der Waals surface area contributed by atoms with Gasteiger partial charge in [0.2, 0.25) is 0 Å². The van der Waals surface area contributed by atoms with Crippen LogP contribution in [0.1, 0.15) is 24.1 Å². The van der Waals surface area contributed by atoms with Crippen LogP contribution in [-0.2, 0) is 0 Å². The van der Waals surface area contributed by atoms with Crippen molar-refractivity contribution >= 4 is 11.8 Å². The van der Waals surface area contributed by atoms with Crippen molar-refractivity contribution in [2.45, 2.75) is 30.3 Å². The van der Waals surface area contributed by atoms with Crippen LogP contribution in [0, 0.1) is 6.92 Å². The largest absolute Gasteiger partial charge is 0.323 e. The number of benzene rings is 1. The van der Waals surface area contributed by atoms with Gasteiger partial charge in [0.05, 0.1) is 0 Å². The number of nitrogens with two attached hydrogens (primary N) is 1. The lowest BCUT2D eigenvalue weighted by Gasteiger charge is -2.19. The smallest absolute Gasteiger partial charge is 0.251 e. The molecule has 2 atom stereocenters. The third-order valence-corrected chi connectivity index (χ3v) is 4.01. The van der Waals surface area contributed by atoms with Crippen molar-refractivity contribution in [2.75, 3.05) is 0 Å².